The van der Waals surface area contributed by atoms with Crippen molar-refractivity contribution in [3.63, 3.8) is 0 Å². The molecule has 0 spiro atoms. The number of hydrogen-bond donors (Lipinski definition) is 1. The monoisotopic (exact) mass is 313 g/mol. The Balaban J connectivity index is 2.16. The van der Waals surface area contributed by atoms with Gasteiger partial charge in [-0.25, -0.2) is 8.78 Å². The predicted octanol–water partition coefficient (Wildman–Crippen LogP) is 3.89. The van der Waals surface area contributed by atoms with E-state index in [0.29, 0.717) is 15.8 Å². The Morgan fingerprint density at radius 2 is 1.94 bits per heavy atom. The molecule has 94 valence electrons. The fourth-order valence-corrected chi connectivity index (χ4v) is 1.82. The van der Waals surface area contributed by atoms with E-state index in [1.807, 2.05) is 0 Å². The van der Waals surface area contributed by atoms with E-state index < -0.39 is 11.6 Å². The molecule has 0 aliphatic rings. The first-order chi connectivity index (χ1) is 8.58. The van der Waals surface area contributed by atoms with Gasteiger partial charge in [0.25, 0.3) is 0 Å². The highest BCUT2D eigenvalue weighted by atomic mass is 79.9. The van der Waals surface area contributed by atoms with Gasteiger partial charge in [-0.15, -0.1) is 0 Å². The molecule has 5 heteroatoms. The van der Waals surface area contributed by atoms with E-state index in [9.17, 15) is 8.78 Å². The molecule has 0 aliphatic carbocycles. The SMILES string of the molecule is Nc1cccc(COc2cc(F)ccc2Br)c1F. The summed E-state index contributed by atoms with van der Waals surface area (Å²) in [6.45, 7) is -0.0150. The van der Waals surface area contributed by atoms with Crippen LogP contribution in [-0.4, -0.2) is 0 Å². The molecule has 2 rings (SSSR count). The molecular formula is C13H10BrF2NO. The molecule has 2 N–H and O–H groups in total. The Bertz CT molecular complexity index is 573. The standard InChI is InChI=1S/C13H10BrF2NO/c14-10-5-4-9(15)6-12(10)18-7-8-2-1-3-11(17)13(8)16/h1-6H,7,17H2. The molecule has 0 bridgehead atoms. The lowest BCUT2D eigenvalue weighted by atomic mass is 10.2. The summed E-state index contributed by atoms with van der Waals surface area (Å²) in [6.07, 6.45) is 0. The molecule has 0 heterocycles. The third kappa shape index (κ3) is 2.79. The van der Waals surface area contributed by atoms with Gasteiger partial charge >= 0.3 is 0 Å². The largest absolute Gasteiger partial charge is 0.488 e. The zero-order valence-corrected chi connectivity index (χ0v) is 10.9. The van der Waals surface area contributed by atoms with Gasteiger partial charge in [0.1, 0.15) is 18.2 Å². The van der Waals surface area contributed by atoms with E-state index in [4.69, 9.17) is 10.5 Å². The number of rotatable bonds is 3. The summed E-state index contributed by atoms with van der Waals surface area (Å²) in [5.41, 5.74) is 5.83. The minimum Gasteiger partial charge on any atom is -0.488 e. The maximum atomic E-state index is 13.6. The molecule has 0 saturated carbocycles. The first-order valence-electron chi connectivity index (χ1n) is 5.18. The predicted molar refractivity (Wildman–Crippen MR) is 69.2 cm³/mol. The highest BCUT2D eigenvalue weighted by Crippen LogP contribution is 2.27. The fraction of sp³-hybridized carbons (Fsp3) is 0.0769. The zero-order chi connectivity index (χ0) is 13.1. The molecule has 2 aromatic rings. The zero-order valence-electron chi connectivity index (χ0n) is 9.29. The van der Waals surface area contributed by atoms with Crippen molar-refractivity contribution in [2.24, 2.45) is 0 Å². The lowest BCUT2D eigenvalue weighted by Crippen LogP contribution is -2.02. The topological polar surface area (TPSA) is 35.2 Å². The molecular weight excluding hydrogens is 304 g/mol. The summed E-state index contributed by atoms with van der Waals surface area (Å²) in [7, 11) is 0. The Labute approximate surface area is 112 Å². The quantitative estimate of drug-likeness (QED) is 0.873. The third-order valence-corrected chi connectivity index (χ3v) is 3.04. The van der Waals surface area contributed by atoms with Crippen molar-refractivity contribution >= 4 is 21.6 Å². The van der Waals surface area contributed by atoms with Crippen molar-refractivity contribution in [3.05, 3.63) is 58.1 Å². The van der Waals surface area contributed by atoms with Crippen molar-refractivity contribution in [2.45, 2.75) is 6.61 Å². The minimum absolute atomic E-state index is 0.0150. The van der Waals surface area contributed by atoms with Gasteiger partial charge in [0.15, 0.2) is 5.82 Å². The summed E-state index contributed by atoms with van der Waals surface area (Å²) in [4.78, 5) is 0. The van der Waals surface area contributed by atoms with Gasteiger partial charge in [0.2, 0.25) is 0 Å². The number of halogens is 3. The second-order valence-corrected chi connectivity index (χ2v) is 4.54. The molecule has 0 unspecified atom stereocenters. The van der Waals surface area contributed by atoms with Crippen LogP contribution < -0.4 is 10.5 Å². The highest BCUT2D eigenvalue weighted by Gasteiger charge is 2.08. The van der Waals surface area contributed by atoms with Gasteiger partial charge in [-0.1, -0.05) is 12.1 Å². The Morgan fingerprint density at radius 3 is 2.72 bits per heavy atom. The third-order valence-electron chi connectivity index (χ3n) is 2.38. The van der Waals surface area contributed by atoms with Crippen LogP contribution in [0.2, 0.25) is 0 Å². The molecule has 0 aliphatic heterocycles. The highest BCUT2D eigenvalue weighted by molar-refractivity contribution is 9.10. The summed E-state index contributed by atoms with van der Waals surface area (Å²) in [5.74, 6) is -0.608. The first-order valence-corrected chi connectivity index (χ1v) is 5.98. The van der Waals surface area contributed by atoms with Crippen molar-refractivity contribution in [1.82, 2.24) is 0 Å². The molecule has 18 heavy (non-hydrogen) atoms. The molecule has 0 saturated heterocycles. The van der Waals surface area contributed by atoms with Gasteiger partial charge in [0, 0.05) is 11.6 Å². The van der Waals surface area contributed by atoms with E-state index in [1.165, 1.54) is 24.3 Å². The van der Waals surface area contributed by atoms with Crippen LogP contribution in [-0.2, 0) is 6.61 Å². The fourth-order valence-electron chi connectivity index (χ4n) is 1.45. The van der Waals surface area contributed by atoms with Crippen LogP contribution in [0.25, 0.3) is 0 Å². The number of ether oxygens (including phenoxy) is 1. The van der Waals surface area contributed by atoms with Crippen LogP contribution in [0.4, 0.5) is 14.5 Å². The molecule has 0 radical (unpaired) electrons. The molecule has 2 nitrogen and oxygen atoms in total. The Morgan fingerprint density at radius 1 is 1.17 bits per heavy atom. The van der Waals surface area contributed by atoms with Crippen molar-refractivity contribution < 1.29 is 13.5 Å². The van der Waals surface area contributed by atoms with Crippen LogP contribution in [0.5, 0.6) is 5.75 Å². The van der Waals surface area contributed by atoms with Gasteiger partial charge in [-0.2, -0.15) is 0 Å². The Kier molecular flexibility index (Phi) is 3.81. The van der Waals surface area contributed by atoms with E-state index in [0.717, 1.165) is 0 Å². The lowest BCUT2D eigenvalue weighted by Gasteiger charge is -2.09. The number of hydrogen-bond acceptors (Lipinski definition) is 2. The summed E-state index contributed by atoms with van der Waals surface area (Å²) >= 11 is 3.23. The summed E-state index contributed by atoms with van der Waals surface area (Å²) in [6, 6.07) is 8.74. The van der Waals surface area contributed by atoms with E-state index in [1.54, 1.807) is 12.1 Å². The smallest absolute Gasteiger partial charge is 0.152 e. The van der Waals surface area contributed by atoms with Crippen LogP contribution >= 0.6 is 15.9 Å². The number of benzene rings is 2. The molecule has 0 atom stereocenters. The van der Waals surface area contributed by atoms with Crippen molar-refractivity contribution in [1.29, 1.82) is 0 Å². The molecule has 0 fully saturated rings. The molecule has 0 amide bonds. The first kappa shape index (κ1) is 12.8. The molecule has 2 aromatic carbocycles. The second-order valence-electron chi connectivity index (χ2n) is 3.68. The number of nitrogens with two attached hydrogens (primary N) is 1. The minimum atomic E-state index is -0.509. The van der Waals surface area contributed by atoms with Gasteiger partial charge < -0.3 is 10.5 Å². The maximum absolute atomic E-state index is 13.6. The van der Waals surface area contributed by atoms with Crippen LogP contribution in [0, 0.1) is 11.6 Å². The normalized spacial score (nSPS) is 10.4. The van der Waals surface area contributed by atoms with E-state index in [-0.39, 0.29) is 12.3 Å². The number of nitrogen functional groups attached to an aromatic ring is 1. The summed E-state index contributed by atoms with van der Waals surface area (Å²) < 4.78 is 32.6. The summed E-state index contributed by atoms with van der Waals surface area (Å²) in [5, 5.41) is 0. The average Bonchev–Trinajstić information content (AvgIpc) is 2.35. The molecule has 0 aromatic heterocycles. The van der Waals surface area contributed by atoms with Crippen LogP contribution in [0.1, 0.15) is 5.56 Å². The van der Waals surface area contributed by atoms with E-state index in [2.05, 4.69) is 15.9 Å². The Hall–Kier alpha value is -1.62. The van der Waals surface area contributed by atoms with Crippen molar-refractivity contribution in [2.75, 3.05) is 5.73 Å². The van der Waals surface area contributed by atoms with E-state index >= 15 is 0 Å². The van der Waals surface area contributed by atoms with Crippen LogP contribution in [0.15, 0.2) is 40.9 Å². The number of anilines is 1. The van der Waals surface area contributed by atoms with Gasteiger partial charge in [-0.05, 0) is 34.1 Å². The lowest BCUT2D eigenvalue weighted by molar-refractivity contribution is 0.296. The maximum Gasteiger partial charge on any atom is 0.152 e. The van der Waals surface area contributed by atoms with Gasteiger partial charge in [0.05, 0.1) is 10.2 Å². The van der Waals surface area contributed by atoms with Crippen molar-refractivity contribution in [3.8, 4) is 5.75 Å². The van der Waals surface area contributed by atoms with Crippen LogP contribution in [0.3, 0.4) is 0 Å². The van der Waals surface area contributed by atoms with Gasteiger partial charge in [-0.3, -0.25) is 0 Å². The second kappa shape index (κ2) is 5.35. The average molecular weight is 314 g/mol.